The third kappa shape index (κ3) is 4.53. The second kappa shape index (κ2) is 9.45. The Hall–Kier alpha value is -1.96. The summed E-state index contributed by atoms with van der Waals surface area (Å²) in [5.41, 5.74) is 3.17. The normalized spacial score (nSPS) is 26.2. The molecule has 3 saturated heterocycles. The highest BCUT2D eigenvalue weighted by Crippen LogP contribution is 2.29. The summed E-state index contributed by atoms with van der Waals surface area (Å²) >= 11 is 0. The number of aryl methyl sites for hydroxylation is 1. The number of hydrogen-bond donors (Lipinski definition) is 1. The number of hydrogen-bond acceptors (Lipinski definition) is 5. The molecule has 0 radical (unpaired) electrons. The van der Waals surface area contributed by atoms with Gasteiger partial charge in [0.15, 0.2) is 0 Å². The van der Waals surface area contributed by atoms with E-state index in [0.29, 0.717) is 19.0 Å². The van der Waals surface area contributed by atoms with Gasteiger partial charge in [0, 0.05) is 56.9 Å². The Bertz CT molecular complexity index is 772. The molecule has 3 fully saturated rings. The first-order chi connectivity index (χ1) is 14.5. The van der Waals surface area contributed by atoms with Crippen LogP contribution in [0, 0.1) is 25.7 Å². The standard InChI is InChI=1S/C23H33N3O4/c1-16-4-3-5-20(17(16)2)26-14-19(12-22(26)27)23(28)24-13-21(18-6-9-30-15-18)25-7-10-29-11-8-25/h3-5,18-19,21H,6-15H2,1-2H3,(H,24,28). The van der Waals surface area contributed by atoms with Gasteiger partial charge in [0.25, 0.3) is 0 Å². The van der Waals surface area contributed by atoms with Crippen LogP contribution >= 0.6 is 0 Å². The fourth-order valence-corrected chi connectivity index (χ4v) is 4.85. The highest BCUT2D eigenvalue weighted by molar-refractivity contribution is 6.00. The molecule has 30 heavy (non-hydrogen) atoms. The van der Waals surface area contributed by atoms with E-state index in [-0.39, 0.29) is 30.2 Å². The first-order valence-electron chi connectivity index (χ1n) is 11.1. The van der Waals surface area contributed by atoms with E-state index in [0.717, 1.165) is 62.8 Å². The van der Waals surface area contributed by atoms with E-state index in [1.165, 1.54) is 0 Å². The van der Waals surface area contributed by atoms with Gasteiger partial charge in [0.05, 0.1) is 25.7 Å². The van der Waals surface area contributed by atoms with Gasteiger partial charge in [-0.2, -0.15) is 0 Å². The largest absolute Gasteiger partial charge is 0.381 e. The highest BCUT2D eigenvalue weighted by atomic mass is 16.5. The molecule has 3 aliphatic heterocycles. The summed E-state index contributed by atoms with van der Waals surface area (Å²) < 4.78 is 11.1. The molecule has 3 heterocycles. The van der Waals surface area contributed by atoms with Gasteiger partial charge < -0.3 is 19.7 Å². The molecule has 3 aliphatic rings. The van der Waals surface area contributed by atoms with E-state index in [2.05, 4.69) is 10.2 Å². The summed E-state index contributed by atoms with van der Waals surface area (Å²) in [4.78, 5) is 29.8. The second-order valence-electron chi connectivity index (χ2n) is 8.71. The zero-order chi connectivity index (χ0) is 21.1. The first-order valence-corrected chi connectivity index (χ1v) is 11.1. The molecule has 7 nitrogen and oxygen atoms in total. The van der Waals surface area contributed by atoms with Gasteiger partial charge in [-0.15, -0.1) is 0 Å². The van der Waals surface area contributed by atoms with Crippen LogP contribution in [0.1, 0.15) is 24.0 Å². The van der Waals surface area contributed by atoms with Crippen molar-refractivity contribution < 1.29 is 19.1 Å². The number of carbonyl (C=O) groups excluding carboxylic acids is 2. The number of nitrogens with one attached hydrogen (secondary N) is 1. The maximum absolute atomic E-state index is 13.0. The molecule has 0 spiro atoms. The van der Waals surface area contributed by atoms with Crippen LogP contribution < -0.4 is 10.2 Å². The summed E-state index contributed by atoms with van der Waals surface area (Å²) in [7, 11) is 0. The van der Waals surface area contributed by atoms with Crippen molar-refractivity contribution in [3.05, 3.63) is 29.3 Å². The van der Waals surface area contributed by atoms with Crippen LogP contribution in [-0.4, -0.2) is 75.4 Å². The highest BCUT2D eigenvalue weighted by Gasteiger charge is 2.37. The molecule has 3 unspecified atom stereocenters. The second-order valence-corrected chi connectivity index (χ2v) is 8.71. The number of amides is 2. The van der Waals surface area contributed by atoms with E-state index < -0.39 is 0 Å². The van der Waals surface area contributed by atoms with Crippen molar-refractivity contribution in [1.82, 2.24) is 10.2 Å². The molecule has 4 rings (SSSR count). The van der Waals surface area contributed by atoms with E-state index in [1.54, 1.807) is 4.90 Å². The van der Waals surface area contributed by atoms with Gasteiger partial charge in [-0.25, -0.2) is 0 Å². The van der Waals surface area contributed by atoms with Crippen molar-refractivity contribution in [3.63, 3.8) is 0 Å². The van der Waals surface area contributed by atoms with Gasteiger partial charge >= 0.3 is 0 Å². The molecule has 0 saturated carbocycles. The molecule has 0 aliphatic carbocycles. The summed E-state index contributed by atoms with van der Waals surface area (Å²) in [6, 6.07) is 6.24. The van der Waals surface area contributed by atoms with Crippen molar-refractivity contribution in [2.24, 2.45) is 11.8 Å². The van der Waals surface area contributed by atoms with Gasteiger partial charge in [0.2, 0.25) is 11.8 Å². The first kappa shape index (κ1) is 21.3. The zero-order valence-corrected chi connectivity index (χ0v) is 18.1. The lowest BCUT2D eigenvalue weighted by atomic mass is 9.96. The molecule has 7 heteroatoms. The fourth-order valence-electron chi connectivity index (χ4n) is 4.85. The van der Waals surface area contributed by atoms with Crippen LogP contribution in [0.3, 0.4) is 0 Å². The number of morpholine rings is 1. The Morgan fingerprint density at radius 2 is 2.00 bits per heavy atom. The van der Waals surface area contributed by atoms with E-state index >= 15 is 0 Å². The molecule has 164 valence electrons. The number of benzene rings is 1. The number of carbonyl (C=O) groups is 2. The minimum Gasteiger partial charge on any atom is -0.381 e. The van der Waals surface area contributed by atoms with Crippen LogP contribution in [0.2, 0.25) is 0 Å². The van der Waals surface area contributed by atoms with Crippen LogP contribution in [0.5, 0.6) is 0 Å². The average Bonchev–Trinajstić information content (AvgIpc) is 3.41. The zero-order valence-electron chi connectivity index (χ0n) is 18.1. The predicted octanol–water partition coefficient (Wildman–Crippen LogP) is 1.51. The molecule has 0 bridgehead atoms. The Balaban J connectivity index is 1.38. The van der Waals surface area contributed by atoms with Crippen molar-refractivity contribution >= 4 is 17.5 Å². The third-order valence-corrected chi connectivity index (χ3v) is 6.87. The summed E-state index contributed by atoms with van der Waals surface area (Å²) in [6.45, 7) is 9.91. The van der Waals surface area contributed by atoms with Crippen LogP contribution in [0.25, 0.3) is 0 Å². The minimum absolute atomic E-state index is 0.0201. The average molecular weight is 416 g/mol. The quantitative estimate of drug-likeness (QED) is 0.763. The molecule has 1 aromatic rings. The monoisotopic (exact) mass is 415 g/mol. The lowest BCUT2D eigenvalue weighted by Gasteiger charge is -2.37. The summed E-state index contributed by atoms with van der Waals surface area (Å²) in [5, 5.41) is 3.16. The van der Waals surface area contributed by atoms with Crippen molar-refractivity contribution in [1.29, 1.82) is 0 Å². The Morgan fingerprint density at radius 3 is 2.73 bits per heavy atom. The van der Waals surface area contributed by atoms with Crippen LogP contribution in [-0.2, 0) is 19.1 Å². The smallest absolute Gasteiger partial charge is 0.227 e. The fraction of sp³-hybridized carbons (Fsp3) is 0.652. The molecule has 2 amide bonds. The molecule has 0 aromatic heterocycles. The van der Waals surface area contributed by atoms with E-state index in [9.17, 15) is 9.59 Å². The lowest BCUT2D eigenvalue weighted by Crippen LogP contribution is -2.53. The predicted molar refractivity (Wildman–Crippen MR) is 114 cm³/mol. The molecule has 3 atom stereocenters. The van der Waals surface area contributed by atoms with Crippen LogP contribution in [0.4, 0.5) is 5.69 Å². The van der Waals surface area contributed by atoms with Crippen molar-refractivity contribution in [3.8, 4) is 0 Å². The van der Waals surface area contributed by atoms with Gasteiger partial charge in [-0.05, 0) is 37.5 Å². The maximum Gasteiger partial charge on any atom is 0.227 e. The number of ether oxygens (including phenoxy) is 2. The van der Waals surface area contributed by atoms with Crippen molar-refractivity contribution in [2.45, 2.75) is 32.7 Å². The Labute approximate surface area is 178 Å². The minimum atomic E-state index is -0.303. The Kier molecular flexibility index (Phi) is 6.71. The molecule has 1 N–H and O–H groups in total. The van der Waals surface area contributed by atoms with E-state index in [4.69, 9.17) is 9.47 Å². The third-order valence-electron chi connectivity index (χ3n) is 6.87. The number of nitrogens with zero attached hydrogens (tertiary/aromatic N) is 2. The Morgan fingerprint density at radius 1 is 1.20 bits per heavy atom. The topological polar surface area (TPSA) is 71.1 Å². The summed E-state index contributed by atoms with van der Waals surface area (Å²) in [6.07, 6.45) is 1.30. The van der Waals surface area contributed by atoms with E-state index in [1.807, 2.05) is 32.0 Å². The molecular formula is C23H33N3O4. The number of anilines is 1. The maximum atomic E-state index is 13.0. The number of rotatable bonds is 6. The lowest BCUT2D eigenvalue weighted by molar-refractivity contribution is -0.126. The van der Waals surface area contributed by atoms with Gasteiger partial charge in [-0.3, -0.25) is 14.5 Å². The molecular weight excluding hydrogens is 382 g/mol. The SMILES string of the molecule is Cc1cccc(N2CC(C(=O)NCC(C3CCOC3)N3CCOCC3)CC2=O)c1C. The summed E-state index contributed by atoms with van der Waals surface area (Å²) in [5.74, 6) is 0.133. The van der Waals surface area contributed by atoms with Crippen LogP contribution in [0.15, 0.2) is 18.2 Å². The van der Waals surface area contributed by atoms with Crippen molar-refractivity contribution in [2.75, 3.05) is 57.5 Å². The van der Waals surface area contributed by atoms with Gasteiger partial charge in [0.1, 0.15) is 0 Å². The molecule has 1 aromatic carbocycles. The van der Waals surface area contributed by atoms with Gasteiger partial charge in [-0.1, -0.05) is 12.1 Å².